The van der Waals surface area contributed by atoms with E-state index in [1.807, 2.05) is 13.8 Å². The van der Waals surface area contributed by atoms with Gasteiger partial charge in [0.15, 0.2) is 0 Å². The first kappa shape index (κ1) is 24.4. The van der Waals surface area contributed by atoms with Crippen molar-refractivity contribution in [3.8, 4) is 0 Å². The maximum absolute atomic E-state index is 13.4. The molecule has 0 saturated carbocycles. The third kappa shape index (κ3) is 4.76. The molecule has 13 nitrogen and oxygen atoms in total. The van der Waals surface area contributed by atoms with Gasteiger partial charge in [0.05, 0.1) is 0 Å². The molecule has 0 spiro atoms. The molecule has 0 aromatic carbocycles. The molecule has 14 heteroatoms. The highest BCUT2D eigenvalue weighted by atomic mass is 32.2. The van der Waals surface area contributed by atoms with E-state index in [1.165, 1.54) is 21.6 Å². The summed E-state index contributed by atoms with van der Waals surface area (Å²) in [5.41, 5.74) is 16.2. The molecule has 3 atom stereocenters. The Morgan fingerprint density at radius 1 is 1.19 bits per heavy atom. The van der Waals surface area contributed by atoms with E-state index < -0.39 is 39.7 Å². The molecule has 1 unspecified atom stereocenters. The lowest BCUT2D eigenvalue weighted by Gasteiger charge is -2.51. The van der Waals surface area contributed by atoms with Crippen molar-refractivity contribution in [2.45, 2.75) is 62.4 Å². The van der Waals surface area contributed by atoms with E-state index >= 15 is 0 Å². The molecule has 1 N–H and O–H groups in total. The van der Waals surface area contributed by atoms with Crippen molar-refractivity contribution >= 4 is 29.7 Å². The fraction of sp³-hybridized carbons (Fsp3) is 0.824. The van der Waals surface area contributed by atoms with Gasteiger partial charge in [-0.05, 0) is 45.7 Å². The van der Waals surface area contributed by atoms with E-state index in [-0.39, 0.29) is 32.1 Å². The summed E-state index contributed by atoms with van der Waals surface area (Å²) in [6.07, 6.45) is -1.19. The largest absolute Gasteiger partial charge is 0.465 e. The van der Waals surface area contributed by atoms with Crippen LogP contribution in [-0.2, 0) is 9.59 Å². The summed E-state index contributed by atoms with van der Waals surface area (Å²) in [4.78, 5) is 47.8. The van der Waals surface area contributed by atoms with E-state index in [2.05, 4.69) is 20.1 Å². The lowest BCUT2D eigenvalue weighted by Crippen LogP contribution is -2.74. The van der Waals surface area contributed by atoms with Crippen LogP contribution in [0.3, 0.4) is 0 Å². The van der Waals surface area contributed by atoms with Gasteiger partial charge >= 0.3 is 6.09 Å². The van der Waals surface area contributed by atoms with Crippen LogP contribution in [0, 0.1) is 0 Å². The van der Waals surface area contributed by atoms with Gasteiger partial charge in [0, 0.05) is 46.3 Å². The zero-order chi connectivity index (χ0) is 23.6. The van der Waals surface area contributed by atoms with E-state index in [4.69, 9.17) is 11.1 Å². The topological polar surface area (TPSA) is 179 Å². The lowest BCUT2D eigenvalue weighted by molar-refractivity contribution is -0.164. The molecule has 3 amide bonds. The van der Waals surface area contributed by atoms with Crippen LogP contribution in [0.15, 0.2) is 10.2 Å². The van der Waals surface area contributed by atoms with Gasteiger partial charge in [0.25, 0.3) is 0 Å². The van der Waals surface area contributed by atoms with Gasteiger partial charge in [-0.15, -0.1) is 11.8 Å². The minimum absolute atomic E-state index is 0.0373. The van der Waals surface area contributed by atoms with Crippen molar-refractivity contribution in [3.63, 3.8) is 0 Å². The molecule has 2 aliphatic heterocycles. The van der Waals surface area contributed by atoms with Gasteiger partial charge in [-0.3, -0.25) is 14.5 Å². The van der Waals surface area contributed by atoms with E-state index in [1.54, 1.807) is 20.8 Å². The summed E-state index contributed by atoms with van der Waals surface area (Å²) in [6.45, 7) is 9.13. The molecule has 0 aliphatic carbocycles. The second-order valence-electron chi connectivity index (χ2n) is 8.76. The molecular weight excluding hydrogens is 426 g/mol. The van der Waals surface area contributed by atoms with E-state index in [0.29, 0.717) is 0 Å². The molecule has 2 aliphatic rings. The van der Waals surface area contributed by atoms with Crippen LogP contribution < -0.4 is 0 Å². The Morgan fingerprint density at radius 3 is 2.13 bits per heavy atom. The van der Waals surface area contributed by atoms with Gasteiger partial charge in [-0.1, -0.05) is 10.2 Å². The van der Waals surface area contributed by atoms with Gasteiger partial charge in [0.1, 0.15) is 17.5 Å². The summed E-state index contributed by atoms with van der Waals surface area (Å²) in [5, 5.41) is 16.1. The SMILES string of the molecule is CC1(C)SC2[C@H](N(C(=O)O)C(C)(C)C)C(=O)N2[C@H]1C(=O)N(CCN=[N+]=[N-])CCN=[N+]=[N-]. The molecule has 31 heavy (non-hydrogen) atoms. The standard InChI is InChI=1S/C17H27N9O4S/c1-16(2,3)26(15(29)30)10-12(27)25-11(17(4,5)31-14(10)25)13(28)24(8-6-20-22-18)9-7-21-23-19/h10-11,14H,6-9H2,1-5H3,(H,29,30)/t10-,11+,14?/m1/s1. The first-order chi connectivity index (χ1) is 14.4. The zero-order valence-electron chi connectivity index (χ0n) is 18.2. The van der Waals surface area contributed by atoms with Crippen LogP contribution in [0.5, 0.6) is 0 Å². The van der Waals surface area contributed by atoms with Gasteiger partial charge in [0.2, 0.25) is 11.8 Å². The van der Waals surface area contributed by atoms with Crippen LogP contribution in [0.25, 0.3) is 20.9 Å². The summed E-state index contributed by atoms with van der Waals surface area (Å²) >= 11 is 1.39. The van der Waals surface area contributed by atoms with Gasteiger partial charge in [-0.2, -0.15) is 0 Å². The molecule has 170 valence electrons. The van der Waals surface area contributed by atoms with Crippen molar-refractivity contribution in [2.75, 3.05) is 26.2 Å². The molecule has 0 bridgehead atoms. The number of rotatable bonds is 8. The number of azide groups is 2. The summed E-state index contributed by atoms with van der Waals surface area (Å²) in [6, 6.07) is -1.70. The van der Waals surface area contributed by atoms with Gasteiger partial charge < -0.3 is 14.9 Å². The molecule has 2 saturated heterocycles. The number of fused-ring (bicyclic) bond motifs is 1. The van der Waals surface area contributed by atoms with Crippen molar-refractivity contribution in [3.05, 3.63) is 20.9 Å². The Balaban J connectivity index is 2.31. The Bertz CT molecular complexity index is 823. The summed E-state index contributed by atoms with van der Waals surface area (Å²) < 4.78 is -0.677. The monoisotopic (exact) mass is 453 g/mol. The number of carbonyl (C=O) groups excluding carboxylic acids is 2. The highest BCUT2D eigenvalue weighted by Gasteiger charge is 2.66. The highest BCUT2D eigenvalue weighted by Crippen LogP contribution is 2.53. The summed E-state index contributed by atoms with van der Waals surface area (Å²) in [5.74, 6) is -0.769. The predicted molar refractivity (Wildman–Crippen MR) is 114 cm³/mol. The maximum atomic E-state index is 13.4. The van der Waals surface area contributed by atoms with Crippen molar-refractivity contribution in [1.29, 1.82) is 0 Å². The number of carboxylic acid groups (broad SMARTS) is 1. The number of carbonyl (C=O) groups is 3. The smallest absolute Gasteiger partial charge is 0.408 e. The Morgan fingerprint density at radius 2 is 1.71 bits per heavy atom. The molecule has 2 heterocycles. The van der Waals surface area contributed by atoms with Crippen LogP contribution in [0.1, 0.15) is 34.6 Å². The minimum Gasteiger partial charge on any atom is -0.465 e. The van der Waals surface area contributed by atoms with E-state index in [9.17, 15) is 19.5 Å². The third-order valence-corrected chi connectivity index (χ3v) is 6.79. The van der Waals surface area contributed by atoms with Crippen LogP contribution in [0.2, 0.25) is 0 Å². The minimum atomic E-state index is -1.19. The van der Waals surface area contributed by atoms with Crippen LogP contribution >= 0.6 is 11.8 Å². The normalized spacial score (nSPS) is 23.7. The quantitative estimate of drug-likeness (QED) is 0.256. The summed E-state index contributed by atoms with van der Waals surface area (Å²) in [7, 11) is 0. The Kier molecular flexibility index (Phi) is 7.20. The van der Waals surface area contributed by atoms with Crippen LogP contribution in [0.4, 0.5) is 4.79 Å². The zero-order valence-corrected chi connectivity index (χ0v) is 19.0. The Labute approximate surface area is 184 Å². The number of amides is 3. The fourth-order valence-corrected chi connectivity index (χ4v) is 5.65. The number of hydrogen-bond acceptors (Lipinski definition) is 6. The number of nitrogens with zero attached hydrogens (tertiary/aromatic N) is 9. The maximum Gasteiger partial charge on any atom is 0.408 e. The van der Waals surface area contributed by atoms with Gasteiger partial charge in [-0.25, -0.2) is 4.79 Å². The second kappa shape index (κ2) is 9.13. The number of β-lactam (4-membered cyclic amide) rings is 1. The molecular formula is C17H27N9O4S. The van der Waals surface area contributed by atoms with Crippen molar-refractivity contribution in [1.82, 2.24) is 14.7 Å². The lowest BCUT2D eigenvalue weighted by atomic mass is 9.92. The Hall–Kier alpha value is -2.82. The predicted octanol–water partition coefficient (Wildman–Crippen LogP) is 2.65. The second-order valence-corrected chi connectivity index (χ2v) is 10.5. The number of hydrogen-bond donors (Lipinski definition) is 1. The van der Waals surface area contributed by atoms with Crippen molar-refractivity contribution in [2.24, 2.45) is 10.2 Å². The average molecular weight is 454 g/mol. The molecule has 0 radical (unpaired) electrons. The highest BCUT2D eigenvalue weighted by molar-refractivity contribution is 8.01. The third-order valence-electron chi connectivity index (χ3n) is 5.23. The number of thioether (sulfide) groups is 1. The van der Waals surface area contributed by atoms with Crippen LogP contribution in [-0.4, -0.2) is 91.6 Å². The molecule has 2 fully saturated rings. The first-order valence-corrected chi connectivity index (χ1v) is 10.6. The average Bonchev–Trinajstić information content (AvgIpc) is 2.90. The fourth-order valence-electron chi connectivity index (χ4n) is 3.98. The molecule has 2 rings (SSSR count). The molecule has 0 aromatic rings. The first-order valence-electron chi connectivity index (χ1n) is 9.71. The van der Waals surface area contributed by atoms with Crippen molar-refractivity contribution < 1.29 is 19.5 Å². The van der Waals surface area contributed by atoms with E-state index in [0.717, 1.165) is 4.90 Å². The molecule has 0 aromatic heterocycles.